The molecule has 0 saturated carbocycles. The van der Waals surface area contributed by atoms with E-state index in [-0.39, 0.29) is 0 Å². The van der Waals surface area contributed by atoms with Crippen LogP contribution in [0.1, 0.15) is 29.3 Å². The maximum absolute atomic E-state index is 13.0. The van der Waals surface area contributed by atoms with Crippen molar-refractivity contribution in [2.24, 2.45) is 0 Å². The van der Waals surface area contributed by atoms with Crippen LogP contribution < -0.4 is 0 Å². The van der Waals surface area contributed by atoms with Gasteiger partial charge in [-0.3, -0.25) is 4.21 Å². The van der Waals surface area contributed by atoms with E-state index in [0.29, 0.717) is 33.5 Å². The molecule has 0 aliphatic carbocycles. The third-order valence-electron chi connectivity index (χ3n) is 5.33. The fourth-order valence-electron chi connectivity index (χ4n) is 3.38. The number of fused-ring (bicyclic) bond motifs is 2. The van der Waals surface area contributed by atoms with Crippen molar-refractivity contribution < 1.29 is 8.63 Å². The first-order valence-corrected chi connectivity index (χ1v) is 11.6. The zero-order valence-electron chi connectivity index (χ0n) is 16.8. The first-order chi connectivity index (χ1) is 13.4. The Bertz CT molecular complexity index is 1260. The molecule has 6 nitrogen and oxygen atoms in total. The van der Waals surface area contributed by atoms with Crippen molar-refractivity contribution in [1.82, 2.24) is 19.6 Å². The molecule has 0 fully saturated rings. The van der Waals surface area contributed by atoms with E-state index < -0.39 is 10.8 Å². The van der Waals surface area contributed by atoms with Gasteiger partial charge in [0.25, 0.3) is 5.89 Å². The summed E-state index contributed by atoms with van der Waals surface area (Å²) in [5.41, 5.74) is 7.02. The monoisotopic (exact) mass is 414 g/mol. The molecule has 0 aromatic carbocycles. The van der Waals surface area contributed by atoms with Crippen molar-refractivity contribution in [3.63, 3.8) is 0 Å². The maximum atomic E-state index is 13.0. The fourth-order valence-corrected chi connectivity index (χ4v) is 4.86. The summed E-state index contributed by atoms with van der Waals surface area (Å²) < 4.78 is 20.8. The Balaban J connectivity index is 2.08. The second-order valence-corrected chi connectivity index (χ2v) is 9.31. The van der Waals surface area contributed by atoms with Crippen molar-refractivity contribution in [2.45, 2.75) is 44.4 Å². The lowest BCUT2D eigenvalue weighted by molar-refractivity contribution is 0.601. The lowest BCUT2D eigenvalue weighted by atomic mass is 10.0. The van der Waals surface area contributed by atoms with E-state index in [0.717, 1.165) is 21.7 Å². The Morgan fingerprint density at radius 2 is 1.93 bits per heavy atom. The maximum Gasteiger partial charge on any atom is 0.251 e. The minimum atomic E-state index is -1.21. The van der Waals surface area contributed by atoms with E-state index in [2.05, 4.69) is 30.7 Å². The molecule has 28 heavy (non-hydrogen) atoms. The van der Waals surface area contributed by atoms with Gasteiger partial charge in [0.05, 0.1) is 21.2 Å². The van der Waals surface area contributed by atoms with E-state index in [9.17, 15) is 4.21 Å². The Morgan fingerprint density at radius 1 is 1.18 bits per heavy atom. The summed E-state index contributed by atoms with van der Waals surface area (Å²) in [6, 6.07) is 1.94. The predicted octanol–water partition coefficient (Wildman–Crippen LogP) is 4.62. The molecule has 8 heteroatoms. The number of oxazole rings is 1. The predicted molar refractivity (Wildman–Crippen MR) is 114 cm³/mol. The molecule has 4 aromatic rings. The number of thioether (sulfide) groups is 1. The highest BCUT2D eigenvalue weighted by molar-refractivity contribution is 7.98. The van der Waals surface area contributed by atoms with Gasteiger partial charge in [-0.2, -0.15) is 5.10 Å². The minimum Gasteiger partial charge on any atom is -0.416 e. The molecule has 0 aliphatic heterocycles. The van der Waals surface area contributed by atoms with Crippen molar-refractivity contribution in [1.29, 1.82) is 0 Å². The van der Waals surface area contributed by atoms with Gasteiger partial charge in [-0.25, -0.2) is 14.5 Å². The van der Waals surface area contributed by atoms with Crippen LogP contribution in [-0.2, 0) is 10.8 Å². The lowest BCUT2D eigenvalue weighted by Gasteiger charge is -2.12. The smallest absolute Gasteiger partial charge is 0.251 e. The van der Waals surface area contributed by atoms with Gasteiger partial charge in [-0.05, 0) is 56.7 Å². The van der Waals surface area contributed by atoms with E-state index >= 15 is 0 Å². The van der Waals surface area contributed by atoms with Gasteiger partial charge in [0.15, 0.2) is 5.69 Å². The molecular weight excluding hydrogens is 392 g/mol. The third-order valence-corrected chi connectivity index (χ3v) is 7.39. The summed E-state index contributed by atoms with van der Waals surface area (Å²) in [5, 5.41) is 4.79. The summed E-state index contributed by atoms with van der Waals surface area (Å²) >= 11 is 1.60. The van der Waals surface area contributed by atoms with Crippen molar-refractivity contribution >= 4 is 39.3 Å². The summed E-state index contributed by atoms with van der Waals surface area (Å²) in [6.07, 6.45) is 3.75. The van der Waals surface area contributed by atoms with Crippen LogP contribution in [0.3, 0.4) is 0 Å². The van der Waals surface area contributed by atoms with Gasteiger partial charge in [-0.1, -0.05) is 6.92 Å². The van der Waals surface area contributed by atoms with Crippen molar-refractivity contribution in [2.75, 3.05) is 12.0 Å². The molecule has 146 valence electrons. The molecule has 0 amide bonds. The Morgan fingerprint density at radius 3 is 2.61 bits per heavy atom. The molecule has 0 spiro atoms. The zero-order chi connectivity index (χ0) is 20.2. The largest absolute Gasteiger partial charge is 0.416 e. The highest BCUT2D eigenvalue weighted by Gasteiger charge is 2.26. The van der Waals surface area contributed by atoms with Crippen molar-refractivity contribution in [3.8, 4) is 11.6 Å². The first kappa shape index (κ1) is 19.1. The molecule has 0 bridgehead atoms. The third kappa shape index (κ3) is 2.78. The number of pyridine rings is 2. The molecule has 0 radical (unpaired) electrons. The Hall–Kier alpha value is -2.19. The summed E-state index contributed by atoms with van der Waals surface area (Å²) in [6.45, 7) is 10.2. The van der Waals surface area contributed by atoms with Crippen LogP contribution in [0.25, 0.3) is 28.3 Å². The Kier molecular flexibility index (Phi) is 4.79. The van der Waals surface area contributed by atoms with Crippen LogP contribution in [0.5, 0.6) is 0 Å². The lowest BCUT2D eigenvalue weighted by Crippen LogP contribution is -2.03. The van der Waals surface area contributed by atoms with Gasteiger partial charge in [-0.15, -0.1) is 11.8 Å². The fraction of sp³-hybridized carbons (Fsp3) is 0.350. The zero-order valence-corrected chi connectivity index (χ0v) is 18.4. The van der Waals surface area contributed by atoms with Crippen LogP contribution in [0.2, 0.25) is 0 Å². The number of hydrogen-bond acceptors (Lipinski definition) is 6. The van der Waals surface area contributed by atoms with Gasteiger partial charge in [0, 0.05) is 22.5 Å². The normalized spacial score (nSPS) is 12.9. The molecule has 0 N–H and O–H groups in total. The SMILES string of the molecule is CCS(=O)c1c(-c2nc3cc(SC)cnc3o2)nn2c(C)c(C)c(C)c(C)c12. The Labute approximate surface area is 170 Å². The van der Waals surface area contributed by atoms with Crippen LogP contribution in [-0.4, -0.2) is 35.8 Å². The summed E-state index contributed by atoms with van der Waals surface area (Å²) in [7, 11) is -1.21. The second-order valence-electron chi connectivity index (χ2n) is 6.75. The number of aryl methyl sites for hydroxylation is 2. The first-order valence-electron chi connectivity index (χ1n) is 9.05. The topological polar surface area (TPSA) is 73.3 Å². The number of rotatable bonds is 4. The molecule has 4 aromatic heterocycles. The average molecular weight is 415 g/mol. The minimum absolute atomic E-state index is 0.357. The van der Waals surface area contributed by atoms with Crippen LogP contribution >= 0.6 is 11.8 Å². The van der Waals surface area contributed by atoms with Crippen LogP contribution in [0, 0.1) is 27.7 Å². The van der Waals surface area contributed by atoms with Gasteiger partial charge >= 0.3 is 0 Å². The van der Waals surface area contributed by atoms with Crippen LogP contribution in [0.4, 0.5) is 0 Å². The van der Waals surface area contributed by atoms with Gasteiger partial charge < -0.3 is 4.42 Å². The summed E-state index contributed by atoms with van der Waals surface area (Å²) in [5.74, 6) is 0.852. The van der Waals surface area contributed by atoms with E-state index in [1.807, 2.05) is 30.7 Å². The molecule has 0 aliphatic rings. The molecule has 0 saturated heterocycles. The number of aromatic nitrogens is 4. The number of hydrogen-bond donors (Lipinski definition) is 0. The number of nitrogens with zero attached hydrogens (tertiary/aromatic N) is 4. The van der Waals surface area contributed by atoms with Gasteiger partial charge in [0.1, 0.15) is 5.52 Å². The molecule has 4 heterocycles. The van der Waals surface area contributed by atoms with Gasteiger partial charge in [0.2, 0.25) is 5.71 Å². The van der Waals surface area contributed by atoms with E-state index in [1.54, 1.807) is 18.0 Å². The van der Waals surface area contributed by atoms with Crippen molar-refractivity contribution in [3.05, 3.63) is 34.6 Å². The molecule has 4 rings (SSSR count). The van der Waals surface area contributed by atoms with Crippen LogP contribution in [0.15, 0.2) is 26.5 Å². The quantitative estimate of drug-likeness (QED) is 0.454. The molecule has 1 atom stereocenters. The highest BCUT2D eigenvalue weighted by atomic mass is 32.2. The molecular formula is C20H22N4O2S2. The second kappa shape index (κ2) is 7.00. The molecule has 1 unspecified atom stereocenters. The summed E-state index contributed by atoms with van der Waals surface area (Å²) in [4.78, 5) is 10.7. The van der Waals surface area contributed by atoms with E-state index in [1.165, 1.54) is 11.1 Å². The van der Waals surface area contributed by atoms with E-state index in [4.69, 9.17) is 9.52 Å². The highest BCUT2D eigenvalue weighted by Crippen LogP contribution is 2.35. The average Bonchev–Trinajstić information content (AvgIpc) is 3.30. The standard InChI is InChI=1S/C20H22N4O2S2/c1-7-28(25)18-16(20-22-15-8-14(27-6)9-21-19(15)26-20)23-24-13(5)11(3)10(2)12(4)17(18)24/h8-9H,7H2,1-6H3.